The Morgan fingerprint density at radius 3 is 2.19 bits per heavy atom. The van der Waals surface area contributed by atoms with Crippen molar-refractivity contribution >= 4 is 12.6 Å². The van der Waals surface area contributed by atoms with Crippen molar-refractivity contribution in [2.24, 2.45) is 5.73 Å². The summed E-state index contributed by atoms with van der Waals surface area (Å²) in [6, 6.07) is 5.34. The van der Waals surface area contributed by atoms with Crippen LogP contribution in [0.2, 0.25) is 0 Å². The molecule has 1 heterocycles. The molecular weight excluding hydrogens is 268 g/mol. The molecule has 5 heteroatoms. The highest BCUT2D eigenvalue weighted by Crippen LogP contribution is 2.38. The van der Waals surface area contributed by atoms with Crippen molar-refractivity contribution in [3.05, 3.63) is 29.6 Å². The van der Waals surface area contributed by atoms with Crippen LogP contribution < -0.4 is 11.2 Å². The van der Waals surface area contributed by atoms with E-state index < -0.39 is 18.3 Å². The lowest BCUT2D eigenvalue weighted by molar-refractivity contribution is 0.00578. The Morgan fingerprint density at radius 2 is 1.76 bits per heavy atom. The van der Waals surface area contributed by atoms with Crippen molar-refractivity contribution in [1.29, 1.82) is 0 Å². The summed E-state index contributed by atoms with van der Waals surface area (Å²) < 4.78 is 26.3. The van der Waals surface area contributed by atoms with E-state index in [0.717, 1.165) is 18.3 Å². The molecule has 1 aliphatic carbocycles. The molecule has 0 unspecified atom stereocenters. The lowest BCUT2D eigenvalue weighted by Crippen LogP contribution is -2.41. The van der Waals surface area contributed by atoms with E-state index in [4.69, 9.17) is 15.0 Å². The summed E-state index contributed by atoms with van der Waals surface area (Å²) in [4.78, 5) is 0. The van der Waals surface area contributed by atoms with Crippen LogP contribution in [0.25, 0.3) is 0 Å². The van der Waals surface area contributed by atoms with Gasteiger partial charge in [0.15, 0.2) is 0 Å². The first-order valence-corrected chi connectivity index (χ1v) is 7.62. The van der Waals surface area contributed by atoms with Crippen LogP contribution in [0.5, 0.6) is 0 Å². The molecule has 114 valence electrons. The third-order valence-electron chi connectivity index (χ3n) is 5.28. The molecule has 0 spiro atoms. The summed E-state index contributed by atoms with van der Waals surface area (Å²) in [6.45, 7) is 7.96. The van der Waals surface area contributed by atoms with E-state index in [1.54, 1.807) is 0 Å². The minimum atomic E-state index is -0.520. The van der Waals surface area contributed by atoms with Crippen molar-refractivity contribution in [2.45, 2.75) is 63.7 Å². The summed E-state index contributed by atoms with van der Waals surface area (Å²) >= 11 is 0. The number of halogens is 1. The number of rotatable bonds is 2. The largest absolute Gasteiger partial charge is 0.494 e. The molecule has 2 aliphatic rings. The maximum atomic E-state index is 14.4. The highest BCUT2D eigenvalue weighted by atomic mass is 19.1. The molecule has 1 saturated heterocycles. The van der Waals surface area contributed by atoms with Gasteiger partial charge in [-0.1, -0.05) is 12.1 Å². The van der Waals surface area contributed by atoms with Gasteiger partial charge in [0, 0.05) is 12.0 Å². The summed E-state index contributed by atoms with van der Waals surface area (Å²) in [7, 11) is -0.520. The first-order chi connectivity index (χ1) is 9.71. The van der Waals surface area contributed by atoms with Crippen molar-refractivity contribution in [1.82, 2.24) is 0 Å². The van der Waals surface area contributed by atoms with E-state index in [1.807, 2.05) is 39.8 Å². The average molecular weight is 291 g/mol. The summed E-state index contributed by atoms with van der Waals surface area (Å²) in [5.74, 6) is -0.0558. The van der Waals surface area contributed by atoms with Crippen molar-refractivity contribution in [3.8, 4) is 0 Å². The van der Waals surface area contributed by atoms with Crippen LogP contribution in [0.3, 0.4) is 0 Å². The maximum absolute atomic E-state index is 14.4. The van der Waals surface area contributed by atoms with Crippen LogP contribution >= 0.6 is 0 Å². The molecule has 2 N–H and O–H groups in total. The van der Waals surface area contributed by atoms with Gasteiger partial charge in [-0.2, -0.15) is 0 Å². The van der Waals surface area contributed by atoms with Gasteiger partial charge in [-0.05, 0) is 57.6 Å². The van der Waals surface area contributed by atoms with Gasteiger partial charge in [0.25, 0.3) is 0 Å². The van der Waals surface area contributed by atoms with E-state index in [0.29, 0.717) is 5.56 Å². The van der Waals surface area contributed by atoms with E-state index in [2.05, 4.69) is 0 Å². The highest BCUT2D eigenvalue weighted by Gasteiger charge is 2.51. The lowest BCUT2D eigenvalue weighted by atomic mass is 9.73. The minimum Gasteiger partial charge on any atom is -0.399 e. The maximum Gasteiger partial charge on any atom is 0.494 e. The van der Waals surface area contributed by atoms with Gasteiger partial charge in [-0.3, -0.25) is 0 Å². The molecule has 0 amide bonds. The van der Waals surface area contributed by atoms with Gasteiger partial charge in [-0.25, -0.2) is 4.39 Å². The molecular formula is C16H23BFNO2. The highest BCUT2D eigenvalue weighted by molar-refractivity contribution is 6.62. The quantitative estimate of drug-likeness (QED) is 0.851. The van der Waals surface area contributed by atoms with E-state index in [-0.39, 0.29) is 17.8 Å². The Balaban J connectivity index is 1.83. The Morgan fingerprint density at radius 1 is 1.14 bits per heavy atom. The van der Waals surface area contributed by atoms with Crippen LogP contribution in [0, 0.1) is 5.82 Å². The summed E-state index contributed by atoms with van der Waals surface area (Å²) in [6.07, 6.45) is 1.94. The molecule has 0 bridgehead atoms. The molecule has 2 atom stereocenters. The van der Waals surface area contributed by atoms with Crippen LogP contribution in [-0.2, 0) is 9.31 Å². The number of hydrogen-bond donors (Lipinski definition) is 1. The average Bonchev–Trinajstić information content (AvgIpc) is 2.59. The Hall–Kier alpha value is -0.905. The van der Waals surface area contributed by atoms with Crippen molar-refractivity contribution < 1.29 is 13.7 Å². The van der Waals surface area contributed by atoms with Gasteiger partial charge in [0.1, 0.15) is 5.82 Å². The van der Waals surface area contributed by atoms with E-state index in [1.165, 1.54) is 6.07 Å². The summed E-state index contributed by atoms with van der Waals surface area (Å²) in [5.41, 5.74) is 6.55. The molecule has 1 aromatic rings. The Kier molecular flexibility index (Phi) is 3.43. The fraction of sp³-hybridized carbons (Fsp3) is 0.625. The molecule has 21 heavy (non-hydrogen) atoms. The SMILES string of the molecule is CC1(C)OB(c2ccc([C@H]3CC[C@H]3N)c(F)c2)OC1(C)C. The van der Waals surface area contributed by atoms with Crippen LogP contribution in [0.4, 0.5) is 4.39 Å². The van der Waals surface area contributed by atoms with Crippen LogP contribution in [0.15, 0.2) is 18.2 Å². The second kappa shape index (κ2) is 4.80. The predicted octanol–water partition coefficient (Wildman–Crippen LogP) is 2.33. The van der Waals surface area contributed by atoms with Gasteiger partial charge in [0.2, 0.25) is 0 Å². The van der Waals surface area contributed by atoms with E-state index in [9.17, 15) is 4.39 Å². The van der Waals surface area contributed by atoms with Gasteiger partial charge in [0.05, 0.1) is 11.2 Å². The Bertz CT molecular complexity index is 545. The van der Waals surface area contributed by atoms with Gasteiger partial charge < -0.3 is 15.0 Å². The third-order valence-corrected chi connectivity index (χ3v) is 5.28. The van der Waals surface area contributed by atoms with Crippen molar-refractivity contribution in [2.75, 3.05) is 0 Å². The fourth-order valence-corrected chi connectivity index (χ4v) is 2.88. The molecule has 0 radical (unpaired) electrons. The number of nitrogens with two attached hydrogens (primary N) is 1. The zero-order valence-corrected chi connectivity index (χ0v) is 13.2. The molecule has 3 rings (SSSR count). The second-order valence-corrected chi connectivity index (χ2v) is 7.22. The zero-order chi connectivity index (χ0) is 15.4. The molecule has 2 fully saturated rings. The standard InChI is InChI=1S/C16H23BFNO2/c1-15(2)16(3,4)21-17(20-15)10-5-6-11(13(18)9-10)12-7-8-14(12)19/h5-6,9,12,14H,7-8,19H2,1-4H3/t12-,14-/m1/s1. The monoisotopic (exact) mass is 291 g/mol. The topological polar surface area (TPSA) is 44.5 Å². The van der Waals surface area contributed by atoms with Crippen LogP contribution in [0.1, 0.15) is 52.0 Å². The Labute approximate surface area is 126 Å². The molecule has 1 aromatic carbocycles. The normalized spacial score (nSPS) is 30.3. The first kappa shape index (κ1) is 15.0. The van der Waals surface area contributed by atoms with Gasteiger partial charge >= 0.3 is 7.12 Å². The van der Waals surface area contributed by atoms with E-state index >= 15 is 0 Å². The molecule has 0 aromatic heterocycles. The van der Waals surface area contributed by atoms with Gasteiger partial charge in [-0.15, -0.1) is 0 Å². The van der Waals surface area contributed by atoms with Crippen LogP contribution in [-0.4, -0.2) is 24.4 Å². The smallest absolute Gasteiger partial charge is 0.399 e. The number of hydrogen-bond acceptors (Lipinski definition) is 3. The summed E-state index contributed by atoms with van der Waals surface area (Å²) in [5, 5.41) is 0. The minimum absolute atomic E-state index is 0.0854. The lowest BCUT2D eigenvalue weighted by Gasteiger charge is -2.34. The fourth-order valence-electron chi connectivity index (χ4n) is 2.88. The number of benzene rings is 1. The molecule has 3 nitrogen and oxygen atoms in total. The third kappa shape index (κ3) is 2.41. The van der Waals surface area contributed by atoms with Crippen molar-refractivity contribution in [3.63, 3.8) is 0 Å². The molecule has 1 aliphatic heterocycles. The molecule has 1 saturated carbocycles. The zero-order valence-electron chi connectivity index (χ0n) is 13.2. The second-order valence-electron chi connectivity index (χ2n) is 7.22. The first-order valence-electron chi connectivity index (χ1n) is 7.62. The predicted molar refractivity (Wildman–Crippen MR) is 82.1 cm³/mol.